The number of amides is 2. The molecule has 1 aliphatic carbocycles. The van der Waals surface area contributed by atoms with Gasteiger partial charge in [-0.25, -0.2) is 9.78 Å². The van der Waals surface area contributed by atoms with E-state index < -0.39 is 0 Å². The number of benzene rings is 2. The van der Waals surface area contributed by atoms with E-state index in [1.54, 1.807) is 11.3 Å². The molecular formula is C27H32N4O3S. The summed E-state index contributed by atoms with van der Waals surface area (Å²) in [6, 6.07) is 12.1. The number of fused-ring (bicyclic) bond motifs is 1. The number of nitrogens with one attached hydrogen (secondary N) is 1. The van der Waals surface area contributed by atoms with Crippen LogP contribution in [0.5, 0.6) is 5.75 Å². The van der Waals surface area contributed by atoms with Gasteiger partial charge >= 0.3 is 6.03 Å². The Bertz CT molecular complexity index is 1220. The van der Waals surface area contributed by atoms with Crippen molar-refractivity contribution < 1.29 is 14.6 Å². The van der Waals surface area contributed by atoms with Gasteiger partial charge in [-0.2, -0.15) is 0 Å². The van der Waals surface area contributed by atoms with Crippen LogP contribution in [0.4, 0.5) is 10.5 Å². The van der Waals surface area contributed by atoms with Gasteiger partial charge in [0.2, 0.25) is 0 Å². The number of nitrogen functional groups attached to an aromatic ring is 1. The summed E-state index contributed by atoms with van der Waals surface area (Å²) < 4.78 is 5.76. The number of hydrogen-bond donors (Lipinski definition) is 3. The predicted molar refractivity (Wildman–Crippen MR) is 140 cm³/mol. The number of nitrogens with two attached hydrogens (primary N) is 1. The van der Waals surface area contributed by atoms with E-state index in [9.17, 15) is 9.90 Å². The highest BCUT2D eigenvalue weighted by atomic mass is 32.1. The van der Waals surface area contributed by atoms with Gasteiger partial charge in [-0.05, 0) is 74.4 Å². The van der Waals surface area contributed by atoms with Crippen LogP contribution < -0.4 is 15.8 Å². The standard InChI is InChI=1S/C27H32N4O3S/c1-16(2)34-24-9-6-17(14-22(24)28)26-29-15-25(35-26)21-5-3-4-20-19(21)7-8-23(20)30-27(33)31-12-10-18(32)11-13-31/h3-6,9,14-16,18,23,32H,7-8,10-13,28H2,1-2H3,(H,30,33)/t23-/m0/s1. The average Bonchev–Trinajstić information content (AvgIpc) is 3.48. The van der Waals surface area contributed by atoms with Gasteiger partial charge in [-0.15, -0.1) is 11.3 Å². The molecule has 1 aliphatic heterocycles. The highest BCUT2D eigenvalue weighted by molar-refractivity contribution is 7.18. The number of rotatable bonds is 5. The minimum atomic E-state index is -0.291. The van der Waals surface area contributed by atoms with Gasteiger partial charge in [0.15, 0.2) is 0 Å². The van der Waals surface area contributed by atoms with Gasteiger partial charge in [-0.1, -0.05) is 18.2 Å². The quantitative estimate of drug-likeness (QED) is 0.435. The number of thiazole rings is 1. The second-order valence-corrected chi connectivity index (χ2v) is 10.6. The first-order valence-corrected chi connectivity index (χ1v) is 13.1. The van der Waals surface area contributed by atoms with Crippen LogP contribution in [0, 0.1) is 0 Å². The van der Waals surface area contributed by atoms with Crippen LogP contribution in [0.2, 0.25) is 0 Å². The maximum absolute atomic E-state index is 12.8. The van der Waals surface area contributed by atoms with Crippen molar-refractivity contribution in [1.82, 2.24) is 15.2 Å². The summed E-state index contributed by atoms with van der Waals surface area (Å²) in [6.07, 6.45) is 4.79. The first kappa shape index (κ1) is 23.6. The normalized spacial score (nSPS) is 18.1. The zero-order valence-electron chi connectivity index (χ0n) is 20.2. The van der Waals surface area contributed by atoms with Gasteiger partial charge in [-0.3, -0.25) is 0 Å². The Hall–Kier alpha value is -3.10. The molecule has 2 aromatic carbocycles. The molecule has 0 spiro atoms. The molecule has 3 aromatic rings. The molecule has 35 heavy (non-hydrogen) atoms. The van der Waals surface area contributed by atoms with Crippen molar-refractivity contribution >= 4 is 23.1 Å². The van der Waals surface area contributed by atoms with Crippen LogP contribution in [-0.4, -0.2) is 46.3 Å². The molecule has 0 bridgehead atoms. The number of carbonyl (C=O) groups excluding carboxylic acids is 1. The minimum Gasteiger partial charge on any atom is -0.489 e. The summed E-state index contributed by atoms with van der Waals surface area (Å²) in [5, 5.41) is 13.9. The Morgan fingerprint density at radius 2 is 2.03 bits per heavy atom. The summed E-state index contributed by atoms with van der Waals surface area (Å²) in [5.74, 6) is 0.690. The maximum Gasteiger partial charge on any atom is 0.317 e. The smallest absolute Gasteiger partial charge is 0.317 e. The van der Waals surface area contributed by atoms with Crippen LogP contribution in [0.1, 0.15) is 50.3 Å². The van der Waals surface area contributed by atoms with Gasteiger partial charge in [0.05, 0.1) is 28.8 Å². The molecular weight excluding hydrogens is 460 g/mol. The van der Waals surface area contributed by atoms with Crippen molar-refractivity contribution in [3.63, 3.8) is 0 Å². The molecule has 0 radical (unpaired) electrons. The summed E-state index contributed by atoms with van der Waals surface area (Å²) in [7, 11) is 0. The summed E-state index contributed by atoms with van der Waals surface area (Å²) in [6.45, 7) is 5.16. The molecule has 8 heteroatoms. The zero-order valence-corrected chi connectivity index (χ0v) is 21.0. The van der Waals surface area contributed by atoms with Crippen molar-refractivity contribution in [3.8, 4) is 26.8 Å². The summed E-state index contributed by atoms with van der Waals surface area (Å²) in [5.41, 5.74) is 11.4. The van der Waals surface area contributed by atoms with Crippen molar-refractivity contribution in [2.45, 2.75) is 57.8 Å². The lowest BCUT2D eigenvalue weighted by atomic mass is 10.0. The molecule has 4 N–H and O–H groups in total. The SMILES string of the molecule is CC(C)Oc1ccc(-c2ncc(-c3cccc4c3CC[C@@H]4NC(=O)N3CCC(O)CC3)s2)cc1N. The largest absolute Gasteiger partial charge is 0.489 e. The number of likely N-dealkylation sites (tertiary alicyclic amines) is 1. The van der Waals surface area contributed by atoms with Crippen LogP contribution in [-0.2, 0) is 6.42 Å². The van der Waals surface area contributed by atoms with Gasteiger partial charge in [0, 0.05) is 24.8 Å². The number of urea groups is 1. The average molecular weight is 493 g/mol. The molecule has 184 valence electrons. The van der Waals surface area contributed by atoms with E-state index >= 15 is 0 Å². The number of anilines is 1. The number of aliphatic hydroxyl groups is 1. The molecule has 1 saturated heterocycles. The van der Waals surface area contributed by atoms with Crippen LogP contribution >= 0.6 is 11.3 Å². The third kappa shape index (κ3) is 4.99. The number of aliphatic hydroxyl groups excluding tert-OH is 1. The number of aromatic nitrogens is 1. The van der Waals surface area contributed by atoms with Gasteiger partial charge < -0.3 is 25.8 Å². The molecule has 0 saturated carbocycles. The molecule has 1 atom stereocenters. The lowest BCUT2D eigenvalue weighted by Gasteiger charge is -2.30. The van der Waals surface area contributed by atoms with Crippen molar-refractivity contribution in [2.24, 2.45) is 0 Å². The minimum absolute atomic E-state index is 0.00462. The Morgan fingerprint density at radius 3 is 2.77 bits per heavy atom. The van der Waals surface area contributed by atoms with E-state index in [4.69, 9.17) is 10.5 Å². The van der Waals surface area contributed by atoms with E-state index in [-0.39, 0.29) is 24.3 Å². The topological polar surface area (TPSA) is 101 Å². The lowest BCUT2D eigenvalue weighted by Crippen LogP contribution is -2.46. The highest BCUT2D eigenvalue weighted by Crippen LogP contribution is 2.41. The molecule has 0 unspecified atom stereocenters. The molecule has 1 aromatic heterocycles. The number of hydrogen-bond acceptors (Lipinski definition) is 6. The molecule has 1 fully saturated rings. The van der Waals surface area contributed by atoms with E-state index in [1.807, 2.05) is 43.1 Å². The Balaban J connectivity index is 1.33. The van der Waals surface area contributed by atoms with Crippen molar-refractivity contribution in [3.05, 3.63) is 53.7 Å². The van der Waals surface area contributed by atoms with Crippen LogP contribution in [0.3, 0.4) is 0 Å². The Kier molecular flexibility index (Phi) is 6.67. The number of nitrogens with zero attached hydrogens (tertiary/aromatic N) is 2. The first-order valence-electron chi connectivity index (χ1n) is 12.3. The fourth-order valence-electron chi connectivity index (χ4n) is 4.92. The second kappa shape index (κ2) is 9.87. The molecule has 7 nitrogen and oxygen atoms in total. The Labute approximate surface area is 209 Å². The van der Waals surface area contributed by atoms with E-state index in [0.717, 1.165) is 28.3 Å². The molecule has 2 amide bonds. The Morgan fingerprint density at radius 1 is 1.23 bits per heavy atom. The highest BCUT2D eigenvalue weighted by Gasteiger charge is 2.29. The third-order valence-electron chi connectivity index (χ3n) is 6.71. The van der Waals surface area contributed by atoms with Crippen LogP contribution in [0.25, 0.3) is 21.0 Å². The van der Waals surface area contributed by atoms with E-state index in [0.29, 0.717) is 37.4 Å². The molecule has 2 aliphatic rings. The van der Waals surface area contributed by atoms with Crippen LogP contribution in [0.15, 0.2) is 42.6 Å². The number of ether oxygens (including phenoxy) is 1. The lowest BCUT2D eigenvalue weighted by molar-refractivity contribution is 0.0928. The third-order valence-corrected chi connectivity index (χ3v) is 7.79. The molecule has 2 heterocycles. The zero-order chi connectivity index (χ0) is 24.5. The molecule has 5 rings (SSSR count). The number of carbonyl (C=O) groups is 1. The van der Waals surface area contributed by atoms with Crippen molar-refractivity contribution in [1.29, 1.82) is 0 Å². The summed E-state index contributed by atoms with van der Waals surface area (Å²) >= 11 is 1.64. The fourth-order valence-corrected chi connectivity index (χ4v) is 5.88. The van der Waals surface area contributed by atoms with Crippen molar-refractivity contribution in [2.75, 3.05) is 18.8 Å². The predicted octanol–water partition coefficient (Wildman–Crippen LogP) is 5.00. The summed E-state index contributed by atoms with van der Waals surface area (Å²) in [4.78, 5) is 20.4. The van der Waals surface area contributed by atoms with E-state index in [2.05, 4.69) is 28.5 Å². The first-order chi connectivity index (χ1) is 16.9. The second-order valence-electron chi connectivity index (χ2n) is 9.58. The van der Waals surface area contributed by atoms with Gasteiger partial charge in [0.25, 0.3) is 0 Å². The van der Waals surface area contributed by atoms with E-state index in [1.165, 1.54) is 16.7 Å². The van der Waals surface area contributed by atoms with Gasteiger partial charge in [0.1, 0.15) is 10.8 Å². The maximum atomic E-state index is 12.8. The number of piperidine rings is 1. The fraction of sp³-hybridized carbons (Fsp3) is 0.407. The monoisotopic (exact) mass is 492 g/mol.